The molecular formula is C23H17N3. The molecule has 0 unspecified atom stereocenters. The van der Waals surface area contributed by atoms with E-state index in [-0.39, 0.29) is 0 Å². The van der Waals surface area contributed by atoms with Crippen LogP contribution in [0.15, 0.2) is 85.2 Å². The van der Waals surface area contributed by atoms with Crippen molar-refractivity contribution in [1.82, 2.24) is 14.5 Å². The van der Waals surface area contributed by atoms with Gasteiger partial charge in [-0.2, -0.15) is 0 Å². The molecule has 0 N–H and O–H groups in total. The van der Waals surface area contributed by atoms with Crippen LogP contribution in [0.5, 0.6) is 0 Å². The van der Waals surface area contributed by atoms with Crippen molar-refractivity contribution in [2.75, 3.05) is 0 Å². The Morgan fingerprint density at radius 3 is 2.23 bits per heavy atom. The molecule has 0 aliphatic heterocycles. The maximum Gasteiger partial charge on any atom is 0.234 e. The average molecular weight is 335 g/mol. The van der Waals surface area contributed by atoms with Crippen LogP contribution in [0, 0.1) is 6.92 Å². The van der Waals surface area contributed by atoms with Crippen molar-refractivity contribution in [3.05, 3.63) is 90.8 Å². The SMILES string of the molecule is Cc1ccc(-c2cccc3c4ccccc4n(-c4ncccn4)c23)cc1. The van der Waals surface area contributed by atoms with E-state index in [1.807, 2.05) is 6.07 Å². The van der Waals surface area contributed by atoms with Gasteiger partial charge in [0.05, 0.1) is 11.0 Å². The largest absolute Gasteiger partial charge is 0.277 e. The first-order chi connectivity index (χ1) is 12.8. The van der Waals surface area contributed by atoms with Crippen LogP contribution in [-0.4, -0.2) is 14.5 Å². The highest BCUT2D eigenvalue weighted by Crippen LogP contribution is 2.37. The van der Waals surface area contributed by atoms with E-state index in [9.17, 15) is 0 Å². The summed E-state index contributed by atoms with van der Waals surface area (Å²) in [6.07, 6.45) is 3.58. The number of hydrogen-bond donors (Lipinski definition) is 0. The number of rotatable bonds is 2. The van der Waals surface area contributed by atoms with Gasteiger partial charge >= 0.3 is 0 Å². The standard InChI is InChI=1S/C23H17N3/c1-16-10-12-17(13-11-16)18-7-4-8-20-19-6-2-3-9-21(19)26(22(18)20)23-24-14-5-15-25-23/h2-15H,1H3. The molecule has 0 radical (unpaired) electrons. The molecule has 0 atom stereocenters. The molecule has 5 aromatic rings. The number of benzene rings is 3. The molecule has 3 nitrogen and oxygen atoms in total. The van der Waals surface area contributed by atoms with Crippen LogP contribution in [0.3, 0.4) is 0 Å². The summed E-state index contributed by atoms with van der Waals surface area (Å²) in [5, 5.41) is 2.43. The van der Waals surface area contributed by atoms with Crippen molar-refractivity contribution in [3.8, 4) is 17.1 Å². The molecule has 2 aromatic heterocycles. The molecule has 26 heavy (non-hydrogen) atoms. The van der Waals surface area contributed by atoms with Gasteiger partial charge in [-0.1, -0.05) is 66.2 Å². The van der Waals surface area contributed by atoms with Crippen LogP contribution in [-0.2, 0) is 0 Å². The van der Waals surface area contributed by atoms with Gasteiger partial charge in [-0.15, -0.1) is 0 Å². The number of para-hydroxylation sites is 2. The topological polar surface area (TPSA) is 30.7 Å². The Morgan fingerprint density at radius 2 is 1.42 bits per heavy atom. The molecule has 0 aliphatic carbocycles. The number of nitrogens with zero attached hydrogens (tertiary/aromatic N) is 3. The Morgan fingerprint density at radius 1 is 0.692 bits per heavy atom. The van der Waals surface area contributed by atoms with Crippen LogP contribution in [0.4, 0.5) is 0 Å². The Balaban J connectivity index is 1.96. The smallest absolute Gasteiger partial charge is 0.234 e. The van der Waals surface area contributed by atoms with Gasteiger partial charge in [-0.3, -0.25) is 4.57 Å². The second-order valence-electron chi connectivity index (χ2n) is 6.47. The van der Waals surface area contributed by atoms with Crippen molar-refractivity contribution >= 4 is 21.8 Å². The van der Waals surface area contributed by atoms with Gasteiger partial charge in [0.15, 0.2) is 0 Å². The normalized spacial score (nSPS) is 11.3. The zero-order chi connectivity index (χ0) is 17.5. The van der Waals surface area contributed by atoms with Crippen molar-refractivity contribution < 1.29 is 0 Å². The fourth-order valence-electron chi connectivity index (χ4n) is 3.60. The molecule has 0 spiro atoms. The summed E-state index contributed by atoms with van der Waals surface area (Å²) in [4.78, 5) is 9.04. The third kappa shape index (κ3) is 2.21. The molecule has 5 rings (SSSR count). The van der Waals surface area contributed by atoms with Crippen LogP contribution in [0.2, 0.25) is 0 Å². The number of aryl methyl sites for hydroxylation is 1. The second-order valence-corrected chi connectivity index (χ2v) is 6.47. The highest BCUT2D eigenvalue weighted by molar-refractivity contribution is 6.13. The lowest BCUT2D eigenvalue weighted by atomic mass is 10.0. The number of aromatic nitrogens is 3. The fraction of sp³-hybridized carbons (Fsp3) is 0.0435. The summed E-state index contributed by atoms with van der Waals surface area (Å²) in [5.41, 5.74) is 5.90. The molecule has 3 heteroatoms. The summed E-state index contributed by atoms with van der Waals surface area (Å²) in [7, 11) is 0. The van der Waals surface area contributed by atoms with Gasteiger partial charge in [0.2, 0.25) is 5.95 Å². The fourth-order valence-corrected chi connectivity index (χ4v) is 3.60. The Kier molecular flexibility index (Phi) is 3.32. The summed E-state index contributed by atoms with van der Waals surface area (Å²) in [6, 6.07) is 25.4. The van der Waals surface area contributed by atoms with Gasteiger partial charge in [0.25, 0.3) is 0 Å². The zero-order valence-corrected chi connectivity index (χ0v) is 14.4. The predicted molar refractivity (Wildman–Crippen MR) is 107 cm³/mol. The van der Waals surface area contributed by atoms with E-state index >= 15 is 0 Å². The lowest BCUT2D eigenvalue weighted by molar-refractivity contribution is 0.989. The van der Waals surface area contributed by atoms with Crippen LogP contribution in [0.1, 0.15) is 5.56 Å². The summed E-state index contributed by atoms with van der Waals surface area (Å²) in [5.74, 6) is 0.693. The van der Waals surface area contributed by atoms with E-state index in [4.69, 9.17) is 0 Å². The first-order valence-electron chi connectivity index (χ1n) is 8.69. The predicted octanol–water partition coefficient (Wildman–Crippen LogP) is 5.55. The van der Waals surface area contributed by atoms with E-state index < -0.39 is 0 Å². The number of hydrogen-bond acceptors (Lipinski definition) is 2. The molecule has 0 amide bonds. The van der Waals surface area contributed by atoms with Gasteiger partial charge in [-0.05, 0) is 24.6 Å². The van der Waals surface area contributed by atoms with E-state index in [1.165, 1.54) is 27.5 Å². The minimum Gasteiger partial charge on any atom is -0.277 e. The van der Waals surface area contributed by atoms with Crippen LogP contribution < -0.4 is 0 Å². The van der Waals surface area contributed by atoms with E-state index in [2.05, 4.69) is 88.2 Å². The van der Waals surface area contributed by atoms with E-state index in [0.29, 0.717) is 5.95 Å². The maximum absolute atomic E-state index is 4.52. The van der Waals surface area contributed by atoms with Crippen molar-refractivity contribution in [2.45, 2.75) is 6.92 Å². The molecule has 0 saturated heterocycles. The lowest BCUT2D eigenvalue weighted by Gasteiger charge is -2.10. The van der Waals surface area contributed by atoms with Crippen molar-refractivity contribution in [1.29, 1.82) is 0 Å². The van der Waals surface area contributed by atoms with Crippen LogP contribution >= 0.6 is 0 Å². The third-order valence-corrected chi connectivity index (χ3v) is 4.81. The quantitative estimate of drug-likeness (QED) is 0.423. The molecule has 2 heterocycles. The molecule has 3 aromatic carbocycles. The highest BCUT2D eigenvalue weighted by atomic mass is 15.1. The average Bonchev–Trinajstić information content (AvgIpc) is 3.04. The minimum absolute atomic E-state index is 0.693. The molecule has 0 aliphatic rings. The molecule has 0 saturated carbocycles. The first-order valence-corrected chi connectivity index (χ1v) is 8.69. The third-order valence-electron chi connectivity index (χ3n) is 4.81. The minimum atomic E-state index is 0.693. The van der Waals surface area contributed by atoms with Gasteiger partial charge in [0, 0.05) is 28.7 Å². The van der Waals surface area contributed by atoms with Gasteiger partial charge < -0.3 is 0 Å². The monoisotopic (exact) mass is 335 g/mol. The number of fused-ring (bicyclic) bond motifs is 3. The second kappa shape index (κ2) is 5.81. The molecule has 0 fully saturated rings. The van der Waals surface area contributed by atoms with Crippen LogP contribution in [0.25, 0.3) is 38.9 Å². The Bertz CT molecular complexity index is 1220. The van der Waals surface area contributed by atoms with Crippen molar-refractivity contribution in [2.24, 2.45) is 0 Å². The Hall–Kier alpha value is -3.46. The Labute approximate surface area is 151 Å². The molecule has 124 valence electrons. The summed E-state index contributed by atoms with van der Waals surface area (Å²) in [6.45, 7) is 2.11. The van der Waals surface area contributed by atoms with Crippen molar-refractivity contribution in [3.63, 3.8) is 0 Å². The molecule has 0 bridgehead atoms. The molecular weight excluding hydrogens is 318 g/mol. The first kappa shape index (κ1) is 14.8. The van der Waals surface area contributed by atoms with Gasteiger partial charge in [0.1, 0.15) is 0 Å². The highest BCUT2D eigenvalue weighted by Gasteiger charge is 2.16. The lowest BCUT2D eigenvalue weighted by Crippen LogP contribution is -2.00. The van der Waals surface area contributed by atoms with E-state index in [0.717, 1.165) is 11.0 Å². The maximum atomic E-state index is 4.52. The summed E-state index contributed by atoms with van der Waals surface area (Å²) < 4.78 is 2.17. The van der Waals surface area contributed by atoms with Gasteiger partial charge in [-0.25, -0.2) is 9.97 Å². The zero-order valence-electron chi connectivity index (χ0n) is 14.4. The summed E-state index contributed by atoms with van der Waals surface area (Å²) >= 11 is 0. The van der Waals surface area contributed by atoms with E-state index in [1.54, 1.807) is 12.4 Å².